The summed E-state index contributed by atoms with van der Waals surface area (Å²) in [5.41, 5.74) is 3.45. The highest BCUT2D eigenvalue weighted by atomic mass is 35.5. The third-order valence-electron chi connectivity index (χ3n) is 3.50. The summed E-state index contributed by atoms with van der Waals surface area (Å²) in [4.78, 5) is 0. The second kappa shape index (κ2) is 6.71. The maximum absolute atomic E-state index is 12.5. The zero-order valence-corrected chi connectivity index (χ0v) is 14.5. The van der Waals surface area contributed by atoms with Gasteiger partial charge in [-0.15, -0.1) is 0 Å². The first-order chi connectivity index (χ1) is 10.3. The summed E-state index contributed by atoms with van der Waals surface area (Å²) in [6, 6.07) is 10.8. The molecule has 3 nitrogen and oxygen atoms in total. The van der Waals surface area contributed by atoms with Crippen molar-refractivity contribution in [3.05, 3.63) is 63.7 Å². The van der Waals surface area contributed by atoms with Crippen molar-refractivity contribution in [2.75, 3.05) is 7.11 Å². The molecule has 0 aliphatic rings. The van der Waals surface area contributed by atoms with Gasteiger partial charge in [-0.2, -0.15) is 0 Å². The van der Waals surface area contributed by atoms with Gasteiger partial charge >= 0.3 is 0 Å². The fourth-order valence-corrected chi connectivity index (χ4v) is 4.12. The van der Waals surface area contributed by atoms with Crippen LogP contribution >= 0.6 is 11.6 Å². The minimum absolute atomic E-state index is 0.0101. The topological polar surface area (TPSA) is 43.4 Å². The van der Waals surface area contributed by atoms with Gasteiger partial charge in [-0.1, -0.05) is 35.4 Å². The average Bonchev–Trinajstić information content (AvgIpc) is 2.42. The van der Waals surface area contributed by atoms with Crippen molar-refractivity contribution in [1.29, 1.82) is 0 Å². The van der Waals surface area contributed by atoms with Gasteiger partial charge in [0.2, 0.25) is 0 Å². The first-order valence-electron chi connectivity index (χ1n) is 6.90. The monoisotopic (exact) mass is 338 g/mol. The Bertz CT molecular complexity index is 782. The molecule has 0 atom stereocenters. The minimum Gasteiger partial charge on any atom is -0.496 e. The maximum Gasteiger partial charge on any atom is 0.158 e. The predicted molar refractivity (Wildman–Crippen MR) is 90.2 cm³/mol. The van der Waals surface area contributed by atoms with E-state index in [2.05, 4.69) is 0 Å². The normalized spacial score (nSPS) is 11.5. The van der Waals surface area contributed by atoms with E-state index in [1.54, 1.807) is 18.2 Å². The number of aryl methyl sites for hydroxylation is 2. The van der Waals surface area contributed by atoms with Crippen LogP contribution in [0.4, 0.5) is 0 Å². The van der Waals surface area contributed by atoms with E-state index in [9.17, 15) is 8.42 Å². The van der Waals surface area contributed by atoms with Gasteiger partial charge in [0.05, 0.1) is 18.6 Å². The second-order valence-electron chi connectivity index (χ2n) is 5.42. The van der Waals surface area contributed by atoms with Crippen molar-refractivity contribution < 1.29 is 13.2 Å². The number of sulfone groups is 1. The SMILES string of the molecule is COc1ccc(Cl)cc1CS(=O)(=O)Cc1cc(C)ccc1C. The van der Waals surface area contributed by atoms with Crippen LogP contribution in [0.2, 0.25) is 5.02 Å². The lowest BCUT2D eigenvalue weighted by Crippen LogP contribution is -2.09. The van der Waals surface area contributed by atoms with E-state index in [4.69, 9.17) is 16.3 Å². The average molecular weight is 339 g/mol. The van der Waals surface area contributed by atoms with Gasteiger partial charge in [-0.25, -0.2) is 8.42 Å². The third kappa shape index (κ3) is 4.24. The lowest BCUT2D eigenvalue weighted by molar-refractivity contribution is 0.411. The number of benzene rings is 2. The highest BCUT2D eigenvalue weighted by Gasteiger charge is 2.17. The van der Waals surface area contributed by atoms with Crippen LogP contribution in [0.3, 0.4) is 0 Å². The van der Waals surface area contributed by atoms with Crippen molar-refractivity contribution in [3.8, 4) is 5.75 Å². The molecule has 0 aliphatic carbocycles. The summed E-state index contributed by atoms with van der Waals surface area (Å²) in [7, 11) is -1.80. The Hall–Kier alpha value is -1.52. The summed E-state index contributed by atoms with van der Waals surface area (Å²) >= 11 is 5.96. The van der Waals surface area contributed by atoms with Crippen LogP contribution < -0.4 is 4.74 Å². The number of ether oxygens (including phenoxy) is 1. The molecule has 0 spiro atoms. The Morgan fingerprint density at radius 1 is 1.00 bits per heavy atom. The zero-order valence-electron chi connectivity index (χ0n) is 12.9. The molecule has 2 rings (SSSR count). The first-order valence-corrected chi connectivity index (χ1v) is 9.09. The van der Waals surface area contributed by atoms with E-state index in [-0.39, 0.29) is 11.5 Å². The molecule has 0 saturated heterocycles. The summed E-state index contributed by atoms with van der Waals surface area (Å²) in [5, 5.41) is 0.498. The summed E-state index contributed by atoms with van der Waals surface area (Å²) < 4.78 is 30.2. The Morgan fingerprint density at radius 3 is 2.36 bits per heavy atom. The van der Waals surface area contributed by atoms with Crippen LogP contribution in [0.1, 0.15) is 22.3 Å². The Morgan fingerprint density at radius 2 is 1.68 bits per heavy atom. The van der Waals surface area contributed by atoms with Crippen LogP contribution in [-0.4, -0.2) is 15.5 Å². The molecule has 0 N–H and O–H groups in total. The quantitative estimate of drug-likeness (QED) is 0.825. The minimum atomic E-state index is -3.31. The number of hydrogen-bond donors (Lipinski definition) is 0. The van der Waals surface area contributed by atoms with E-state index in [1.807, 2.05) is 32.0 Å². The highest BCUT2D eigenvalue weighted by molar-refractivity contribution is 7.89. The van der Waals surface area contributed by atoms with Gasteiger partial charge in [-0.05, 0) is 43.2 Å². The lowest BCUT2D eigenvalue weighted by atomic mass is 10.1. The fourth-order valence-electron chi connectivity index (χ4n) is 2.34. The van der Waals surface area contributed by atoms with Crippen molar-refractivity contribution in [2.24, 2.45) is 0 Å². The molecule has 0 aromatic heterocycles. The molecule has 22 heavy (non-hydrogen) atoms. The standard InChI is InChI=1S/C17H19ClO3S/c1-12-4-5-13(2)14(8-12)10-22(19,20)11-15-9-16(18)6-7-17(15)21-3/h4-9H,10-11H2,1-3H3. The zero-order chi connectivity index (χ0) is 16.3. The largest absolute Gasteiger partial charge is 0.496 e. The number of rotatable bonds is 5. The van der Waals surface area contributed by atoms with Crippen molar-refractivity contribution in [1.82, 2.24) is 0 Å². The van der Waals surface area contributed by atoms with E-state index in [1.165, 1.54) is 7.11 Å². The third-order valence-corrected chi connectivity index (χ3v) is 5.23. The molecule has 0 fully saturated rings. The highest BCUT2D eigenvalue weighted by Crippen LogP contribution is 2.26. The van der Waals surface area contributed by atoms with Gasteiger partial charge in [0.25, 0.3) is 0 Å². The maximum atomic E-state index is 12.5. The molecule has 0 radical (unpaired) electrons. The molecule has 0 aliphatic heterocycles. The molecule has 118 valence electrons. The summed E-state index contributed by atoms with van der Waals surface area (Å²) in [6.07, 6.45) is 0. The predicted octanol–water partition coefficient (Wildman–Crippen LogP) is 4.08. The van der Waals surface area contributed by atoms with Crippen molar-refractivity contribution in [2.45, 2.75) is 25.4 Å². The van der Waals surface area contributed by atoms with Crippen LogP contribution in [0.15, 0.2) is 36.4 Å². The first kappa shape index (κ1) is 16.8. The van der Waals surface area contributed by atoms with Gasteiger partial charge in [0, 0.05) is 10.6 Å². The van der Waals surface area contributed by atoms with Gasteiger partial charge in [-0.3, -0.25) is 0 Å². The van der Waals surface area contributed by atoms with E-state index >= 15 is 0 Å². The summed E-state index contributed by atoms with van der Waals surface area (Å²) in [6.45, 7) is 3.87. The molecule has 5 heteroatoms. The Balaban J connectivity index is 2.28. The van der Waals surface area contributed by atoms with Crippen LogP contribution in [-0.2, 0) is 21.3 Å². The molecule has 0 bridgehead atoms. The molecular weight excluding hydrogens is 320 g/mol. The van der Waals surface area contributed by atoms with Gasteiger partial charge in [0.1, 0.15) is 5.75 Å². The molecule has 0 unspecified atom stereocenters. The van der Waals surface area contributed by atoms with E-state index < -0.39 is 9.84 Å². The van der Waals surface area contributed by atoms with Crippen LogP contribution in [0.5, 0.6) is 5.75 Å². The van der Waals surface area contributed by atoms with Crippen molar-refractivity contribution >= 4 is 21.4 Å². The molecule has 0 amide bonds. The number of halogens is 1. The molecule has 0 saturated carbocycles. The van der Waals surface area contributed by atoms with E-state index in [0.29, 0.717) is 16.3 Å². The summed E-state index contributed by atoms with van der Waals surface area (Å²) in [5.74, 6) is 0.453. The van der Waals surface area contributed by atoms with Crippen molar-refractivity contribution in [3.63, 3.8) is 0 Å². The number of hydrogen-bond acceptors (Lipinski definition) is 3. The van der Waals surface area contributed by atoms with Crippen LogP contribution in [0, 0.1) is 13.8 Å². The Kier molecular flexibility index (Phi) is 5.14. The lowest BCUT2D eigenvalue weighted by Gasteiger charge is -2.11. The smallest absolute Gasteiger partial charge is 0.158 e. The van der Waals surface area contributed by atoms with Crippen LogP contribution in [0.25, 0.3) is 0 Å². The fraction of sp³-hybridized carbons (Fsp3) is 0.294. The van der Waals surface area contributed by atoms with Gasteiger partial charge in [0.15, 0.2) is 9.84 Å². The molecule has 2 aromatic rings. The molecule has 0 heterocycles. The molecule has 2 aromatic carbocycles. The van der Waals surface area contributed by atoms with Gasteiger partial charge < -0.3 is 4.74 Å². The number of methoxy groups -OCH3 is 1. The molecular formula is C17H19ClO3S. The van der Waals surface area contributed by atoms with E-state index in [0.717, 1.165) is 16.7 Å². The second-order valence-corrected chi connectivity index (χ2v) is 7.92. The Labute approximate surface area is 136 Å².